The molecule has 4 rings (SSSR count). The number of hydrogen-bond acceptors (Lipinski definition) is 5. The number of imidazole rings is 1. The van der Waals surface area contributed by atoms with Crippen LogP contribution in [0.2, 0.25) is 0 Å². The highest BCUT2D eigenvalue weighted by Crippen LogP contribution is 2.25. The Morgan fingerprint density at radius 2 is 1.58 bits per heavy atom. The van der Waals surface area contributed by atoms with E-state index in [4.69, 9.17) is 0 Å². The molecule has 2 aromatic carbocycles. The van der Waals surface area contributed by atoms with Crippen molar-refractivity contribution in [2.24, 2.45) is 0 Å². The molecule has 0 unspecified atom stereocenters. The van der Waals surface area contributed by atoms with Gasteiger partial charge < -0.3 is 10.3 Å². The van der Waals surface area contributed by atoms with Gasteiger partial charge in [0.1, 0.15) is 5.82 Å². The Bertz CT molecular complexity index is 1300. The summed E-state index contributed by atoms with van der Waals surface area (Å²) >= 11 is 0. The Balaban J connectivity index is 1.45. The molecule has 1 aliphatic carbocycles. The highest BCUT2D eigenvalue weighted by atomic mass is 16.2. The van der Waals surface area contributed by atoms with Gasteiger partial charge in [-0.15, -0.1) is 0 Å². The van der Waals surface area contributed by atoms with Crippen molar-refractivity contribution in [2.75, 3.05) is 5.32 Å². The van der Waals surface area contributed by atoms with Gasteiger partial charge in [0.25, 0.3) is 0 Å². The highest BCUT2D eigenvalue weighted by molar-refractivity contribution is 6.43. The molecule has 33 heavy (non-hydrogen) atoms. The van der Waals surface area contributed by atoms with E-state index in [1.165, 1.54) is 18.3 Å². The molecule has 0 fully saturated rings. The predicted molar refractivity (Wildman–Crippen MR) is 124 cm³/mol. The number of Topliss-reactive ketones (excluding diaryl/α,β-unsaturated/α-hetero) is 1. The summed E-state index contributed by atoms with van der Waals surface area (Å²) in [6, 6.07) is 15.6. The number of carbonyl (C=O) groups excluding carboxylic acids is 4. The van der Waals surface area contributed by atoms with Crippen LogP contribution in [0.3, 0.4) is 0 Å². The van der Waals surface area contributed by atoms with E-state index in [1.807, 2.05) is 6.07 Å². The van der Waals surface area contributed by atoms with E-state index in [0.717, 1.165) is 0 Å². The summed E-state index contributed by atoms with van der Waals surface area (Å²) in [5.74, 6) is -0.609. The molecule has 7 heteroatoms. The molecule has 0 radical (unpaired) electrons. The van der Waals surface area contributed by atoms with Gasteiger partial charge in [0, 0.05) is 41.2 Å². The lowest BCUT2D eigenvalue weighted by Crippen LogP contribution is -2.13. The first-order chi connectivity index (χ1) is 15.9. The van der Waals surface area contributed by atoms with Crippen LogP contribution in [-0.4, -0.2) is 33.2 Å². The summed E-state index contributed by atoms with van der Waals surface area (Å²) in [6.07, 6.45) is 4.50. The third-order valence-electron chi connectivity index (χ3n) is 5.21. The maximum absolute atomic E-state index is 12.7. The number of rotatable bonds is 7. The zero-order valence-electron chi connectivity index (χ0n) is 17.9. The number of anilines is 1. The SMILES string of the molecule is CCC(=O)Nc1ccc(C(=O)Cc2cnc(C3=CC(=O)C(c4ccccc4)=CC3=O)[nH]2)cc1. The molecule has 3 aromatic rings. The maximum atomic E-state index is 12.7. The van der Waals surface area contributed by atoms with Crippen molar-refractivity contribution >= 4 is 40.1 Å². The van der Waals surface area contributed by atoms with E-state index < -0.39 is 0 Å². The Morgan fingerprint density at radius 3 is 2.27 bits per heavy atom. The molecule has 0 aliphatic heterocycles. The molecule has 1 amide bonds. The molecule has 164 valence electrons. The third kappa shape index (κ3) is 4.93. The van der Waals surface area contributed by atoms with Crippen LogP contribution < -0.4 is 5.32 Å². The van der Waals surface area contributed by atoms with Crippen molar-refractivity contribution in [1.29, 1.82) is 0 Å². The molecule has 2 N–H and O–H groups in total. The average molecular weight is 439 g/mol. The minimum atomic E-state index is -0.328. The lowest BCUT2D eigenvalue weighted by Gasteiger charge is -2.11. The zero-order chi connectivity index (χ0) is 23.4. The molecular formula is C26H21N3O4. The van der Waals surface area contributed by atoms with Crippen molar-refractivity contribution in [3.63, 3.8) is 0 Å². The van der Waals surface area contributed by atoms with Gasteiger partial charge in [0.15, 0.2) is 17.3 Å². The van der Waals surface area contributed by atoms with E-state index in [-0.39, 0.29) is 41.1 Å². The van der Waals surface area contributed by atoms with E-state index in [1.54, 1.807) is 55.5 Å². The first-order valence-electron chi connectivity index (χ1n) is 10.5. The van der Waals surface area contributed by atoms with Gasteiger partial charge in [-0.2, -0.15) is 0 Å². The average Bonchev–Trinajstić information content (AvgIpc) is 3.29. The van der Waals surface area contributed by atoms with Crippen LogP contribution in [0.4, 0.5) is 5.69 Å². The summed E-state index contributed by atoms with van der Waals surface area (Å²) in [4.78, 5) is 56.5. The second-order valence-electron chi connectivity index (χ2n) is 7.55. The number of amides is 1. The number of nitrogens with one attached hydrogen (secondary N) is 2. The number of nitrogens with zero attached hydrogens (tertiary/aromatic N) is 1. The number of ketones is 3. The van der Waals surface area contributed by atoms with Gasteiger partial charge >= 0.3 is 0 Å². The number of aromatic nitrogens is 2. The molecule has 7 nitrogen and oxygen atoms in total. The van der Waals surface area contributed by atoms with Crippen LogP contribution in [-0.2, 0) is 20.8 Å². The topological polar surface area (TPSA) is 109 Å². The molecule has 1 aliphatic rings. The molecule has 1 heterocycles. The van der Waals surface area contributed by atoms with Gasteiger partial charge in [0.05, 0.1) is 12.0 Å². The van der Waals surface area contributed by atoms with Gasteiger partial charge in [0.2, 0.25) is 5.91 Å². The normalized spacial score (nSPS) is 13.4. The second-order valence-corrected chi connectivity index (χ2v) is 7.55. The highest BCUT2D eigenvalue weighted by Gasteiger charge is 2.24. The first kappa shape index (κ1) is 21.8. The van der Waals surface area contributed by atoms with E-state index in [0.29, 0.717) is 34.5 Å². The van der Waals surface area contributed by atoms with Gasteiger partial charge in [-0.05, 0) is 35.9 Å². The number of aromatic amines is 1. The predicted octanol–water partition coefficient (Wildman–Crippen LogP) is 3.80. The van der Waals surface area contributed by atoms with Crippen molar-refractivity contribution in [3.8, 4) is 0 Å². The minimum absolute atomic E-state index is 0.0498. The molecule has 0 saturated heterocycles. The maximum Gasteiger partial charge on any atom is 0.224 e. The number of H-pyrrole nitrogens is 1. The van der Waals surface area contributed by atoms with Crippen LogP contribution in [0.15, 0.2) is 72.9 Å². The standard InChI is InChI=1S/C26H21N3O4/c1-2-25(33)28-18-10-8-17(9-11-18)22(30)12-19-15-27-26(29-19)21-14-23(31)20(13-24(21)32)16-6-4-3-5-7-16/h3-11,13-15H,2,12H2,1H3,(H,27,29)(H,28,33). The van der Waals surface area contributed by atoms with Gasteiger partial charge in [-0.3, -0.25) is 19.2 Å². The zero-order valence-corrected chi connectivity index (χ0v) is 17.9. The summed E-state index contributed by atoms with van der Waals surface area (Å²) in [5.41, 5.74) is 2.81. The molecule has 0 spiro atoms. The number of hydrogen-bond donors (Lipinski definition) is 2. The number of allylic oxidation sites excluding steroid dienone is 4. The van der Waals surface area contributed by atoms with Crippen molar-refractivity contribution in [3.05, 3.63) is 95.6 Å². The lowest BCUT2D eigenvalue weighted by molar-refractivity contribution is -0.116. The fourth-order valence-corrected chi connectivity index (χ4v) is 3.44. The molecular weight excluding hydrogens is 418 g/mol. The Labute approximate surface area is 190 Å². The smallest absolute Gasteiger partial charge is 0.224 e. The fraction of sp³-hybridized carbons (Fsp3) is 0.115. The van der Waals surface area contributed by atoms with Crippen LogP contribution in [0.1, 0.15) is 40.8 Å². The van der Waals surface area contributed by atoms with E-state index in [9.17, 15) is 19.2 Å². The quantitative estimate of drug-likeness (QED) is 0.430. The fourth-order valence-electron chi connectivity index (χ4n) is 3.44. The summed E-state index contributed by atoms with van der Waals surface area (Å²) in [6.45, 7) is 1.76. The van der Waals surface area contributed by atoms with Crippen molar-refractivity contribution in [1.82, 2.24) is 9.97 Å². The van der Waals surface area contributed by atoms with Crippen LogP contribution in [0.25, 0.3) is 11.1 Å². The number of benzene rings is 2. The molecule has 0 saturated carbocycles. The summed E-state index contributed by atoms with van der Waals surface area (Å²) in [5, 5.41) is 2.73. The third-order valence-corrected chi connectivity index (χ3v) is 5.21. The van der Waals surface area contributed by atoms with Crippen LogP contribution >= 0.6 is 0 Å². The molecule has 1 aromatic heterocycles. The summed E-state index contributed by atoms with van der Waals surface area (Å²) < 4.78 is 0. The Kier molecular flexibility index (Phi) is 6.22. The van der Waals surface area contributed by atoms with Crippen LogP contribution in [0.5, 0.6) is 0 Å². The van der Waals surface area contributed by atoms with Gasteiger partial charge in [-0.1, -0.05) is 37.3 Å². The van der Waals surface area contributed by atoms with Crippen molar-refractivity contribution < 1.29 is 19.2 Å². The Morgan fingerprint density at radius 1 is 0.909 bits per heavy atom. The molecule has 0 atom stereocenters. The second kappa shape index (κ2) is 9.40. The Hall–Kier alpha value is -4.39. The monoisotopic (exact) mass is 439 g/mol. The van der Waals surface area contributed by atoms with E-state index >= 15 is 0 Å². The van der Waals surface area contributed by atoms with E-state index in [2.05, 4.69) is 15.3 Å². The lowest BCUT2D eigenvalue weighted by atomic mass is 9.92. The largest absolute Gasteiger partial charge is 0.341 e. The molecule has 0 bridgehead atoms. The number of carbonyl (C=O) groups is 4. The van der Waals surface area contributed by atoms with Gasteiger partial charge in [-0.25, -0.2) is 4.98 Å². The van der Waals surface area contributed by atoms with Crippen molar-refractivity contribution in [2.45, 2.75) is 19.8 Å². The van der Waals surface area contributed by atoms with Crippen LogP contribution in [0, 0.1) is 0 Å². The first-order valence-corrected chi connectivity index (χ1v) is 10.5. The summed E-state index contributed by atoms with van der Waals surface area (Å²) in [7, 11) is 0. The minimum Gasteiger partial charge on any atom is -0.341 e.